The molecule has 132 valence electrons. The van der Waals surface area contributed by atoms with Crippen LogP contribution in [-0.4, -0.2) is 35.7 Å². The molecule has 1 amide bonds. The second-order valence-corrected chi connectivity index (χ2v) is 5.93. The van der Waals surface area contributed by atoms with E-state index in [0.717, 1.165) is 19.3 Å². The van der Waals surface area contributed by atoms with E-state index in [-0.39, 0.29) is 0 Å². The van der Waals surface area contributed by atoms with Gasteiger partial charge in [-0.25, -0.2) is 4.79 Å². The van der Waals surface area contributed by atoms with Gasteiger partial charge in [-0.2, -0.15) is 0 Å². The SMILES string of the molecule is CCOc1ccc(C(=O)NC2(C(=O)O)CCCCC2)cc1OCC. The van der Waals surface area contributed by atoms with Gasteiger partial charge in [-0.3, -0.25) is 4.79 Å². The molecule has 24 heavy (non-hydrogen) atoms. The lowest BCUT2D eigenvalue weighted by molar-refractivity contribution is -0.145. The van der Waals surface area contributed by atoms with Gasteiger partial charge in [0.1, 0.15) is 5.54 Å². The molecule has 0 aromatic heterocycles. The minimum absolute atomic E-state index is 0.369. The monoisotopic (exact) mass is 335 g/mol. The molecular formula is C18H25NO5. The molecule has 0 saturated heterocycles. The van der Waals surface area contributed by atoms with Gasteiger partial charge in [0, 0.05) is 5.56 Å². The van der Waals surface area contributed by atoms with Crippen molar-refractivity contribution in [3.05, 3.63) is 23.8 Å². The number of ether oxygens (including phenoxy) is 2. The van der Waals surface area contributed by atoms with Crippen molar-refractivity contribution in [2.75, 3.05) is 13.2 Å². The first-order chi connectivity index (χ1) is 11.5. The van der Waals surface area contributed by atoms with Gasteiger partial charge in [-0.1, -0.05) is 19.3 Å². The van der Waals surface area contributed by atoms with Crippen LogP contribution in [0.5, 0.6) is 11.5 Å². The molecule has 6 heteroatoms. The molecule has 0 bridgehead atoms. The van der Waals surface area contributed by atoms with Gasteiger partial charge in [-0.15, -0.1) is 0 Å². The van der Waals surface area contributed by atoms with Crippen molar-refractivity contribution >= 4 is 11.9 Å². The molecule has 0 heterocycles. The molecule has 1 aromatic rings. The molecule has 0 unspecified atom stereocenters. The smallest absolute Gasteiger partial charge is 0.329 e. The van der Waals surface area contributed by atoms with E-state index in [2.05, 4.69) is 5.32 Å². The van der Waals surface area contributed by atoms with E-state index >= 15 is 0 Å². The van der Waals surface area contributed by atoms with Gasteiger partial charge in [0.15, 0.2) is 11.5 Å². The number of aliphatic carboxylic acids is 1. The lowest BCUT2D eigenvalue weighted by Crippen LogP contribution is -2.55. The first-order valence-corrected chi connectivity index (χ1v) is 8.48. The van der Waals surface area contributed by atoms with E-state index in [9.17, 15) is 14.7 Å². The maximum absolute atomic E-state index is 12.6. The molecular weight excluding hydrogens is 310 g/mol. The van der Waals surface area contributed by atoms with Gasteiger partial charge >= 0.3 is 5.97 Å². The number of carboxylic acid groups (broad SMARTS) is 1. The van der Waals surface area contributed by atoms with Gasteiger partial charge < -0.3 is 19.9 Å². The number of carbonyl (C=O) groups is 2. The van der Waals surface area contributed by atoms with Crippen LogP contribution in [0.15, 0.2) is 18.2 Å². The van der Waals surface area contributed by atoms with Gasteiger partial charge in [0.05, 0.1) is 13.2 Å². The Morgan fingerprint density at radius 2 is 1.71 bits per heavy atom. The Hall–Kier alpha value is -2.24. The number of carboxylic acids is 1. The predicted molar refractivity (Wildman–Crippen MR) is 89.7 cm³/mol. The van der Waals surface area contributed by atoms with Crippen molar-refractivity contribution < 1.29 is 24.2 Å². The first kappa shape index (κ1) is 18.1. The number of hydrogen-bond acceptors (Lipinski definition) is 4. The predicted octanol–water partition coefficient (Wildman–Crippen LogP) is 3.00. The van der Waals surface area contributed by atoms with Crippen molar-refractivity contribution in [2.45, 2.75) is 51.5 Å². The molecule has 6 nitrogen and oxygen atoms in total. The highest BCUT2D eigenvalue weighted by Crippen LogP contribution is 2.31. The maximum Gasteiger partial charge on any atom is 0.329 e. The summed E-state index contributed by atoms with van der Waals surface area (Å²) in [5.41, 5.74) is -0.798. The minimum atomic E-state index is -1.17. The summed E-state index contributed by atoms with van der Waals surface area (Å²) in [7, 11) is 0. The molecule has 0 aliphatic heterocycles. The van der Waals surface area contributed by atoms with Gasteiger partial charge in [-0.05, 0) is 44.9 Å². The zero-order valence-corrected chi connectivity index (χ0v) is 14.3. The van der Waals surface area contributed by atoms with Crippen LogP contribution in [0.4, 0.5) is 0 Å². The largest absolute Gasteiger partial charge is 0.490 e. The fourth-order valence-corrected chi connectivity index (χ4v) is 3.03. The average molecular weight is 335 g/mol. The standard InChI is InChI=1S/C18H25NO5/c1-3-23-14-9-8-13(12-15(14)24-4-2)16(20)19-18(17(21)22)10-6-5-7-11-18/h8-9,12H,3-7,10-11H2,1-2H3,(H,19,20)(H,21,22). The summed E-state index contributed by atoms with van der Waals surface area (Å²) in [4.78, 5) is 24.3. The van der Waals surface area contributed by atoms with Crippen LogP contribution in [0.3, 0.4) is 0 Å². The normalized spacial score (nSPS) is 16.2. The van der Waals surface area contributed by atoms with Crippen LogP contribution in [0, 0.1) is 0 Å². The number of rotatable bonds is 7. The quantitative estimate of drug-likeness (QED) is 0.800. The first-order valence-electron chi connectivity index (χ1n) is 8.48. The highest BCUT2D eigenvalue weighted by atomic mass is 16.5. The molecule has 0 spiro atoms. The fraction of sp³-hybridized carbons (Fsp3) is 0.556. The van der Waals surface area contributed by atoms with Crippen LogP contribution >= 0.6 is 0 Å². The van der Waals surface area contributed by atoms with Gasteiger partial charge in [0.2, 0.25) is 0 Å². The number of nitrogens with one attached hydrogen (secondary N) is 1. The fourth-order valence-electron chi connectivity index (χ4n) is 3.03. The molecule has 1 fully saturated rings. The topological polar surface area (TPSA) is 84.9 Å². The Morgan fingerprint density at radius 3 is 2.29 bits per heavy atom. The van der Waals surface area contributed by atoms with E-state index in [0.29, 0.717) is 43.1 Å². The van der Waals surface area contributed by atoms with Crippen molar-refractivity contribution in [2.24, 2.45) is 0 Å². The molecule has 1 saturated carbocycles. The Morgan fingerprint density at radius 1 is 1.08 bits per heavy atom. The molecule has 1 aromatic carbocycles. The van der Waals surface area contributed by atoms with Crippen LogP contribution in [0.1, 0.15) is 56.3 Å². The summed E-state index contributed by atoms with van der Waals surface area (Å²) in [6.45, 7) is 4.66. The molecule has 2 rings (SSSR count). The van der Waals surface area contributed by atoms with E-state index in [1.165, 1.54) is 0 Å². The third-order valence-electron chi connectivity index (χ3n) is 4.27. The number of amides is 1. The van der Waals surface area contributed by atoms with Crippen molar-refractivity contribution in [1.29, 1.82) is 0 Å². The molecule has 0 atom stereocenters. The highest BCUT2D eigenvalue weighted by molar-refractivity contribution is 5.98. The molecule has 1 aliphatic carbocycles. The average Bonchev–Trinajstić information content (AvgIpc) is 2.57. The van der Waals surface area contributed by atoms with Gasteiger partial charge in [0.25, 0.3) is 5.91 Å². The van der Waals surface area contributed by atoms with E-state index in [1.54, 1.807) is 18.2 Å². The van der Waals surface area contributed by atoms with Crippen LogP contribution in [0.2, 0.25) is 0 Å². The Bertz CT molecular complexity index is 593. The molecule has 0 radical (unpaired) electrons. The Balaban J connectivity index is 2.22. The highest BCUT2D eigenvalue weighted by Gasteiger charge is 2.41. The summed E-state index contributed by atoms with van der Waals surface area (Å²) < 4.78 is 11.0. The second kappa shape index (κ2) is 8.04. The minimum Gasteiger partial charge on any atom is -0.490 e. The lowest BCUT2D eigenvalue weighted by Gasteiger charge is -2.34. The number of benzene rings is 1. The zero-order valence-electron chi connectivity index (χ0n) is 14.3. The number of carbonyl (C=O) groups excluding carboxylic acids is 1. The van der Waals surface area contributed by atoms with Crippen molar-refractivity contribution in [1.82, 2.24) is 5.32 Å². The molecule has 2 N–H and O–H groups in total. The Labute approximate surface area is 142 Å². The van der Waals surface area contributed by atoms with Crippen molar-refractivity contribution in [3.63, 3.8) is 0 Å². The van der Waals surface area contributed by atoms with E-state index < -0.39 is 17.4 Å². The number of hydrogen-bond donors (Lipinski definition) is 2. The second-order valence-electron chi connectivity index (χ2n) is 5.93. The summed E-state index contributed by atoms with van der Waals surface area (Å²) in [5, 5.41) is 12.3. The summed E-state index contributed by atoms with van der Waals surface area (Å²) >= 11 is 0. The van der Waals surface area contributed by atoms with E-state index in [1.807, 2.05) is 13.8 Å². The molecule has 1 aliphatic rings. The van der Waals surface area contributed by atoms with Crippen molar-refractivity contribution in [3.8, 4) is 11.5 Å². The van der Waals surface area contributed by atoms with Crippen LogP contribution < -0.4 is 14.8 Å². The lowest BCUT2D eigenvalue weighted by atomic mass is 9.81. The third kappa shape index (κ3) is 3.99. The van der Waals surface area contributed by atoms with E-state index in [4.69, 9.17) is 9.47 Å². The summed E-state index contributed by atoms with van der Waals surface area (Å²) in [6, 6.07) is 4.90. The van der Waals surface area contributed by atoms with Crippen LogP contribution in [0.25, 0.3) is 0 Å². The third-order valence-corrected chi connectivity index (χ3v) is 4.27. The summed E-state index contributed by atoms with van der Waals surface area (Å²) in [5.74, 6) is -0.309. The summed E-state index contributed by atoms with van der Waals surface area (Å²) in [6.07, 6.45) is 3.54. The Kier molecular flexibility index (Phi) is 6.06. The zero-order chi connectivity index (χ0) is 17.6. The van der Waals surface area contributed by atoms with Crippen LogP contribution in [-0.2, 0) is 4.79 Å². The maximum atomic E-state index is 12.6.